The van der Waals surface area contributed by atoms with E-state index in [1.54, 1.807) is 29.2 Å². The number of hydrogen-bond donors (Lipinski definition) is 1. The second-order valence-corrected chi connectivity index (χ2v) is 11.1. The number of amides is 2. The van der Waals surface area contributed by atoms with Crippen molar-refractivity contribution in [3.05, 3.63) is 59.7 Å². The maximum absolute atomic E-state index is 12.9. The van der Waals surface area contributed by atoms with E-state index in [0.29, 0.717) is 31.2 Å². The first-order valence-corrected chi connectivity index (χ1v) is 12.9. The van der Waals surface area contributed by atoms with Crippen molar-refractivity contribution < 1.29 is 18.0 Å². The summed E-state index contributed by atoms with van der Waals surface area (Å²) in [5.41, 5.74) is 2.78. The molecule has 2 fully saturated rings. The van der Waals surface area contributed by atoms with Crippen molar-refractivity contribution in [2.24, 2.45) is 11.8 Å². The molecule has 4 rings (SSSR count). The third-order valence-electron chi connectivity index (χ3n) is 6.61. The number of nitrogens with one attached hydrogen (secondary N) is 1. The Morgan fingerprint density at radius 1 is 1.03 bits per heavy atom. The van der Waals surface area contributed by atoms with Crippen molar-refractivity contribution in [1.82, 2.24) is 9.62 Å². The first kappa shape index (κ1) is 23.4. The SMILES string of the molecule is Cc1ccc(CNC(=O)[C@H]2CC(=O)N(c3ccc(S(=O)(=O)N4CCC(C)CC4)cc3)C2)cc1. The van der Waals surface area contributed by atoms with E-state index in [9.17, 15) is 18.0 Å². The zero-order valence-electron chi connectivity index (χ0n) is 19.2. The van der Waals surface area contributed by atoms with Crippen LogP contribution in [0.3, 0.4) is 0 Å². The molecule has 1 atom stereocenters. The van der Waals surface area contributed by atoms with Gasteiger partial charge in [0.05, 0.1) is 10.8 Å². The molecule has 0 spiro atoms. The van der Waals surface area contributed by atoms with Crippen LogP contribution in [0.25, 0.3) is 0 Å². The lowest BCUT2D eigenvalue weighted by molar-refractivity contribution is -0.126. The molecule has 0 radical (unpaired) electrons. The maximum atomic E-state index is 12.9. The quantitative estimate of drug-likeness (QED) is 0.704. The van der Waals surface area contributed by atoms with E-state index < -0.39 is 15.9 Å². The fourth-order valence-corrected chi connectivity index (χ4v) is 5.81. The van der Waals surface area contributed by atoms with Crippen LogP contribution in [0.5, 0.6) is 0 Å². The van der Waals surface area contributed by atoms with Crippen LogP contribution in [0, 0.1) is 18.8 Å². The van der Waals surface area contributed by atoms with Crippen LogP contribution >= 0.6 is 0 Å². The van der Waals surface area contributed by atoms with E-state index in [0.717, 1.165) is 24.0 Å². The van der Waals surface area contributed by atoms with Crippen LogP contribution in [0.4, 0.5) is 5.69 Å². The molecule has 2 aliphatic rings. The standard InChI is InChI=1S/C25H31N3O4S/c1-18-3-5-20(6-4-18)16-26-25(30)21-15-24(29)28(17-21)22-7-9-23(10-8-22)33(31,32)27-13-11-19(2)12-14-27/h3-10,19,21H,11-17H2,1-2H3,(H,26,30)/t21-/m0/s1. The van der Waals surface area contributed by atoms with Gasteiger partial charge in [-0.2, -0.15) is 4.31 Å². The average molecular weight is 470 g/mol. The topological polar surface area (TPSA) is 86.8 Å². The van der Waals surface area contributed by atoms with Crippen LogP contribution in [-0.2, 0) is 26.2 Å². The molecular formula is C25H31N3O4S. The minimum absolute atomic E-state index is 0.133. The first-order chi connectivity index (χ1) is 15.7. The molecule has 176 valence electrons. The molecule has 2 aromatic carbocycles. The predicted molar refractivity (Wildman–Crippen MR) is 127 cm³/mol. The Bertz CT molecular complexity index is 1110. The maximum Gasteiger partial charge on any atom is 0.243 e. The summed E-state index contributed by atoms with van der Waals surface area (Å²) < 4.78 is 27.4. The van der Waals surface area contributed by atoms with Gasteiger partial charge in [-0.1, -0.05) is 36.8 Å². The van der Waals surface area contributed by atoms with Crippen LogP contribution < -0.4 is 10.2 Å². The number of aryl methyl sites for hydroxylation is 1. The van der Waals surface area contributed by atoms with Gasteiger partial charge in [0.15, 0.2) is 0 Å². The molecular weight excluding hydrogens is 438 g/mol. The van der Waals surface area contributed by atoms with Crippen LogP contribution in [-0.4, -0.2) is 44.2 Å². The van der Waals surface area contributed by atoms with E-state index in [1.165, 1.54) is 4.31 Å². The van der Waals surface area contributed by atoms with E-state index in [-0.39, 0.29) is 29.7 Å². The van der Waals surface area contributed by atoms with Crippen LogP contribution in [0.1, 0.15) is 37.3 Å². The number of rotatable bonds is 6. The van der Waals surface area contributed by atoms with E-state index in [4.69, 9.17) is 0 Å². The Hall–Kier alpha value is -2.71. The number of anilines is 1. The van der Waals surface area contributed by atoms with Gasteiger partial charge < -0.3 is 10.2 Å². The number of nitrogens with zero attached hydrogens (tertiary/aromatic N) is 2. The molecule has 7 nitrogen and oxygen atoms in total. The summed E-state index contributed by atoms with van der Waals surface area (Å²) in [6.07, 6.45) is 1.88. The van der Waals surface area contributed by atoms with Crippen LogP contribution in [0.15, 0.2) is 53.4 Å². The van der Waals surface area contributed by atoms with E-state index in [1.807, 2.05) is 31.2 Å². The van der Waals surface area contributed by atoms with Gasteiger partial charge in [-0.05, 0) is 55.5 Å². The highest BCUT2D eigenvalue weighted by atomic mass is 32.2. The Balaban J connectivity index is 1.37. The molecule has 1 N–H and O–H groups in total. The number of carbonyl (C=O) groups excluding carboxylic acids is 2. The van der Waals surface area contributed by atoms with Crippen molar-refractivity contribution in [1.29, 1.82) is 0 Å². The molecule has 2 heterocycles. The Morgan fingerprint density at radius 3 is 2.30 bits per heavy atom. The fourth-order valence-electron chi connectivity index (χ4n) is 4.34. The molecule has 0 aromatic heterocycles. The van der Waals surface area contributed by atoms with Gasteiger partial charge in [0.25, 0.3) is 0 Å². The summed E-state index contributed by atoms with van der Waals surface area (Å²) >= 11 is 0. The smallest absolute Gasteiger partial charge is 0.243 e. The number of piperidine rings is 1. The molecule has 0 unspecified atom stereocenters. The molecule has 0 saturated carbocycles. The number of benzene rings is 2. The second kappa shape index (κ2) is 9.65. The summed E-state index contributed by atoms with van der Waals surface area (Å²) in [4.78, 5) is 27.0. The van der Waals surface area contributed by atoms with Crippen LogP contribution in [0.2, 0.25) is 0 Å². The molecule has 2 aromatic rings. The molecule has 2 amide bonds. The highest BCUT2D eigenvalue weighted by molar-refractivity contribution is 7.89. The lowest BCUT2D eigenvalue weighted by atomic mass is 10.0. The first-order valence-electron chi connectivity index (χ1n) is 11.5. The molecule has 2 saturated heterocycles. The van der Waals surface area contributed by atoms with Gasteiger partial charge in [0.1, 0.15) is 0 Å². The van der Waals surface area contributed by atoms with Gasteiger partial charge in [0.2, 0.25) is 21.8 Å². The number of hydrogen-bond acceptors (Lipinski definition) is 4. The van der Waals surface area contributed by atoms with Crippen molar-refractivity contribution in [2.45, 2.75) is 44.6 Å². The van der Waals surface area contributed by atoms with Gasteiger partial charge in [0, 0.05) is 38.3 Å². The van der Waals surface area contributed by atoms with E-state index >= 15 is 0 Å². The van der Waals surface area contributed by atoms with Crippen molar-refractivity contribution in [3.8, 4) is 0 Å². The highest BCUT2D eigenvalue weighted by Crippen LogP contribution is 2.28. The van der Waals surface area contributed by atoms with E-state index in [2.05, 4.69) is 12.2 Å². The fraction of sp³-hybridized carbons (Fsp3) is 0.440. The lowest BCUT2D eigenvalue weighted by Crippen LogP contribution is -2.37. The molecule has 8 heteroatoms. The molecule has 0 bridgehead atoms. The molecule has 33 heavy (non-hydrogen) atoms. The second-order valence-electron chi connectivity index (χ2n) is 9.19. The van der Waals surface area contributed by atoms with Gasteiger partial charge in [-0.15, -0.1) is 0 Å². The Labute approximate surface area is 195 Å². The minimum Gasteiger partial charge on any atom is -0.352 e. The summed E-state index contributed by atoms with van der Waals surface area (Å²) in [5, 5.41) is 2.92. The number of sulfonamides is 1. The third kappa shape index (κ3) is 5.28. The lowest BCUT2D eigenvalue weighted by Gasteiger charge is -2.29. The normalized spacial score (nSPS) is 20.2. The summed E-state index contributed by atoms with van der Waals surface area (Å²) in [7, 11) is -3.53. The zero-order valence-corrected chi connectivity index (χ0v) is 20.0. The summed E-state index contributed by atoms with van der Waals surface area (Å²) in [6.45, 7) is 5.93. The van der Waals surface area contributed by atoms with Gasteiger partial charge >= 0.3 is 0 Å². The average Bonchev–Trinajstić information content (AvgIpc) is 3.20. The minimum atomic E-state index is -3.53. The molecule has 2 aliphatic heterocycles. The van der Waals surface area contributed by atoms with Gasteiger partial charge in [-0.3, -0.25) is 9.59 Å². The molecule has 0 aliphatic carbocycles. The van der Waals surface area contributed by atoms with Crippen molar-refractivity contribution >= 4 is 27.5 Å². The summed E-state index contributed by atoms with van der Waals surface area (Å²) in [6, 6.07) is 14.4. The zero-order chi connectivity index (χ0) is 23.6. The predicted octanol–water partition coefficient (Wildman–Crippen LogP) is 3.08. The van der Waals surface area contributed by atoms with Gasteiger partial charge in [-0.25, -0.2) is 8.42 Å². The third-order valence-corrected chi connectivity index (χ3v) is 8.52. The Kier molecular flexibility index (Phi) is 6.86. The highest BCUT2D eigenvalue weighted by Gasteiger charge is 2.35. The van der Waals surface area contributed by atoms with Crippen molar-refractivity contribution in [2.75, 3.05) is 24.5 Å². The summed E-state index contributed by atoms with van der Waals surface area (Å²) in [5.74, 6) is -0.167. The number of carbonyl (C=O) groups is 2. The van der Waals surface area contributed by atoms with Crippen molar-refractivity contribution in [3.63, 3.8) is 0 Å². The monoisotopic (exact) mass is 469 g/mol. The largest absolute Gasteiger partial charge is 0.352 e. The Morgan fingerprint density at radius 2 is 1.67 bits per heavy atom.